The van der Waals surface area contributed by atoms with Crippen LogP contribution in [0.1, 0.15) is 6.42 Å². The van der Waals surface area contributed by atoms with E-state index in [-0.39, 0.29) is 31.0 Å². The molecule has 7 nitrogen and oxygen atoms in total. The number of methoxy groups -OCH3 is 2. The van der Waals surface area contributed by atoms with Crippen LogP contribution in [0.25, 0.3) is 0 Å². The van der Waals surface area contributed by atoms with Gasteiger partial charge in [-0.25, -0.2) is 12.8 Å². The van der Waals surface area contributed by atoms with Crippen LogP contribution < -0.4 is 9.47 Å². The van der Waals surface area contributed by atoms with Gasteiger partial charge in [-0.05, 0) is 6.42 Å². The molecule has 0 radical (unpaired) electrons. The van der Waals surface area contributed by atoms with Crippen LogP contribution in [0.3, 0.4) is 0 Å². The van der Waals surface area contributed by atoms with Crippen molar-refractivity contribution in [2.24, 2.45) is 5.92 Å². The fourth-order valence-corrected chi connectivity index (χ4v) is 3.88. The Morgan fingerprint density at radius 3 is 2.41 bits per heavy atom. The highest BCUT2D eigenvalue weighted by atomic mass is 32.2. The van der Waals surface area contributed by atoms with Gasteiger partial charge in [0.25, 0.3) is 0 Å². The SMILES string of the molecule is COc1cc(F)c(S(=O)(=O)N2CC[C@H](C(=O)O)C2)cc1OC. The second kappa shape index (κ2) is 6.09. The lowest BCUT2D eigenvalue weighted by Gasteiger charge is -2.18. The monoisotopic (exact) mass is 333 g/mol. The molecule has 22 heavy (non-hydrogen) atoms. The van der Waals surface area contributed by atoms with Crippen LogP contribution in [0.4, 0.5) is 4.39 Å². The Balaban J connectivity index is 2.40. The number of carbonyl (C=O) groups is 1. The first-order valence-corrected chi connectivity index (χ1v) is 7.89. The summed E-state index contributed by atoms with van der Waals surface area (Å²) in [6, 6.07) is 1.97. The summed E-state index contributed by atoms with van der Waals surface area (Å²) in [6.07, 6.45) is 0.198. The van der Waals surface area contributed by atoms with E-state index in [1.807, 2.05) is 0 Å². The lowest BCUT2D eigenvalue weighted by atomic mass is 10.1. The minimum absolute atomic E-state index is 0.0348. The van der Waals surface area contributed by atoms with Crippen LogP contribution in [0.5, 0.6) is 11.5 Å². The maximum Gasteiger partial charge on any atom is 0.307 e. The Bertz CT molecular complexity index is 690. The molecule has 0 bridgehead atoms. The molecule has 1 N–H and O–H groups in total. The quantitative estimate of drug-likeness (QED) is 0.862. The van der Waals surface area contributed by atoms with E-state index in [0.717, 1.165) is 16.4 Å². The van der Waals surface area contributed by atoms with Crippen molar-refractivity contribution in [3.63, 3.8) is 0 Å². The van der Waals surface area contributed by atoms with E-state index in [2.05, 4.69) is 0 Å². The van der Waals surface area contributed by atoms with Crippen LogP contribution >= 0.6 is 0 Å². The molecule has 0 aliphatic carbocycles. The lowest BCUT2D eigenvalue weighted by Crippen LogP contribution is -2.30. The first kappa shape index (κ1) is 16.5. The first-order valence-electron chi connectivity index (χ1n) is 6.45. The highest BCUT2D eigenvalue weighted by molar-refractivity contribution is 7.89. The molecule has 2 rings (SSSR count). The molecule has 0 amide bonds. The van der Waals surface area contributed by atoms with E-state index in [0.29, 0.717) is 0 Å². The minimum Gasteiger partial charge on any atom is -0.493 e. The van der Waals surface area contributed by atoms with E-state index in [4.69, 9.17) is 14.6 Å². The number of halogens is 1. The van der Waals surface area contributed by atoms with Gasteiger partial charge in [-0.15, -0.1) is 0 Å². The Labute approximate surface area is 127 Å². The average Bonchev–Trinajstić information content (AvgIpc) is 2.97. The summed E-state index contributed by atoms with van der Waals surface area (Å²) in [6.45, 7) is -0.140. The standard InChI is InChI=1S/C13H16FNO6S/c1-20-10-5-9(14)12(6-11(10)21-2)22(18,19)15-4-3-8(7-15)13(16)17/h5-6,8H,3-4,7H2,1-2H3,(H,16,17)/t8-/m0/s1. The molecule has 1 aliphatic heterocycles. The predicted molar refractivity (Wildman–Crippen MR) is 74.0 cm³/mol. The number of carboxylic acid groups (broad SMARTS) is 1. The van der Waals surface area contributed by atoms with Crippen molar-refractivity contribution in [3.8, 4) is 11.5 Å². The molecule has 1 heterocycles. The zero-order valence-electron chi connectivity index (χ0n) is 12.1. The molecule has 1 atom stereocenters. The third-order valence-electron chi connectivity index (χ3n) is 3.56. The van der Waals surface area contributed by atoms with Gasteiger partial charge in [0.05, 0.1) is 20.1 Å². The van der Waals surface area contributed by atoms with E-state index in [1.165, 1.54) is 14.2 Å². The number of hydrogen-bond donors (Lipinski definition) is 1. The number of ether oxygens (including phenoxy) is 2. The Hall–Kier alpha value is -1.87. The summed E-state index contributed by atoms with van der Waals surface area (Å²) in [7, 11) is -1.52. The number of benzene rings is 1. The van der Waals surface area contributed by atoms with Crippen molar-refractivity contribution in [1.82, 2.24) is 4.31 Å². The topological polar surface area (TPSA) is 93.1 Å². The number of rotatable bonds is 5. The third kappa shape index (κ3) is 2.86. The molecule has 0 spiro atoms. The third-order valence-corrected chi connectivity index (χ3v) is 5.44. The Morgan fingerprint density at radius 2 is 1.91 bits per heavy atom. The summed E-state index contributed by atoms with van der Waals surface area (Å²) < 4.78 is 49.9. The molecule has 0 unspecified atom stereocenters. The predicted octanol–water partition coefficient (Wildman–Crippen LogP) is 0.938. The van der Waals surface area contributed by atoms with Crippen LogP contribution in [-0.2, 0) is 14.8 Å². The smallest absolute Gasteiger partial charge is 0.307 e. The molecule has 0 aromatic heterocycles. The van der Waals surface area contributed by atoms with Gasteiger partial charge in [0.1, 0.15) is 10.7 Å². The van der Waals surface area contributed by atoms with Gasteiger partial charge >= 0.3 is 5.97 Å². The van der Waals surface area contributed by atoms with Crippen molar-refractivity contribution in [1.29, 1.82) is 0 Å². The van der Waals surface area contributed by atoms with E-state index >= 15 is 0 Å². The highest BCUT2D eigenvalue weighted by Crippen LogP contribution is 2.34. The van der Waals surface area contributed by atoms with Gasteiger partial charge in [-0.3, -0.25) is 4.79 Å². The van der Waals surface area contributed by atoms with Crippen molar-refractivity contribution < 1.29 is 32.2 Å². The molecule has 122 valence electrons. The maximum atomic E-state index is 14.1. The fourth-order valence-electron chi connectivity index (χ4n) is 2.32. The van der Waals surface area contributed by atoms with Gasteiger partial charge in [0.15, 0.2) is 11.5 Å². The normalized spacial score (nSPS) is 19.1. The van der Waals surface area contributed by atoms with Crippen LogP contribution in [-0.4, -0.2) is 51.1 Å². The minimum atomic E-state index is -4.13. The number of carboxylic acids is 1. The Morgan fingerprint density at radius 1 is 1.32 bits per heavy atom. The number of hydrogen-bond acceptors (Lipinski definition) is 5. The van der Waals surface area contributed by atoms with E-state index in [1.54, 1.807) is 0 Å². The molecule has 1 aromatic rings. The largest absolute Gasteiger partial charge is 0.493 e. The zero-order valence-corrected chi connectivity index (χ0v) is 12.9. The zero-order chi connectivity index (χ0) is 16.5. The fraction of sp³-hybridized carbons (Fsp3) is 0.462. The maximum absolute atomic E-state index is 14.1. The van der Waals surface area contributed by atoms with Gasteiger partial charge in [-0.2, -0.15) is 4.31 Å². The summed E-state index contributed by atoms with van der Waals surface area (Å²) >= 11 is 0. The summed E-state index contributed by atoms with van der Waals surface area (Å²) in [5, 5.41) is 8.94. The Kier molecular flexibility index (Phi) is 4.57. The van der Waals surface area contributed by atoms with Crippen molar-refractivity contribution >= 4 is 16.0 Å². The van der Waals surface area contributed by atoms with E-state index < -0.39 is 32.6 Å². The summed E-state index contributed by atoms with van der Waals surface area (Å²) in [4.78, 5) is 10.4. The second-order valence-electron chi connectivity index (χ2n) is 4.82. The summed E-state index contributed by atoms with van der Waals surface area (Å²) in [5.74, 6) is -2.67. The van der Waals surface area contributed by atoms with Gasteiger partial charge < -0.3 is 14.6 Å². The lowest BCUT2D eigenvalue weighted by molar-refractivity contribution is -0.141. The first-order chi connectivity index (χ1) is 10.3. The molecule has 1 fully saturated rings. The van der Waals surface area contributed by atoms with Gasteiger partial charge in [0.2, 0.25) is 10.0 Å². The van der Waals surface area contributed by atoms with Crippen molar-refractivity contribution in [2.45, 2.75) is 11.3 Å². The molecule has 9 heteroatoms. The van der Waals surface area contributed by atoms with Crippen molar-refractivity contribution in [3.05, 3.63) is 17.9 Å². The van der Waals surface area contributed by atoms with Gasteiger partial charge in [-0.1, -0.05) is 0 Å². The van der Waals surface area contributed by atoms with E-state index in [9.17, 15) is 17.6 Å². The number of sulfonamides is 1. The molecular formula is C13H16FNO6S. The second-order valence-corrected chi connectivity index (χ2v) is 6.73. The van der Waals surface area contributed by atoms with Crippen LogP contribution in [0, 0.1) is 11.7 Å². The average molecular weight is 333 g/mol. The highest BCUT2D eigenvalue weighted by Gasteiger charge is 2.37. The van der Waals surface area contributed by atoms with Gasteiger partial charge in [0, 0.05) is 25.2 Å². The molecule has 1 saturated heterocycles. The molecule has 1 aliphatic rings. The van der Waals surface area contributed by atoms with Crippen LogP contribution in [0.2, 0.25) is 0 Å². The molecule has 0 saturated carbocycles. The molecule has 1 aromatic carbocycles. The van der Waals surface area contributed by atoms with Crippen molar-refractivity contribution in [2.75, 3.05) is 27.3 Å². The number of nitrogens with zero attached hydrogens (tertiary/aromatic N) is 1. The van der Waals surface area contributed by atoms with Crippen LogP contribution in [0.15, 0.2) is 17.0 Å². The summed E-state index contributed by atoms with van der Waals surface area (Å²) in [5.41, 5.74) is 0. The molecular weight excluding hydrogens is 317 g/mol. The number of aliphatic carboxylic acids is 1.